The summed E-state index contributed by atoms with van der Waals surface area (Å²) in [4.78, 5) is 15.1. The zero-order valence-corrected chi connectivity index (χ0v) is 12.5. The molecule has 1 amide bonds. The van der Waals surface area contributed by atoms with Gasteiger partial charge in [0.2, 0.25) is 5.91 Å². The number of carbonyl (C=O) groups excluding carboxylic acids is 1. The van der Waals surface area contributed by atoms with Gasteiger partial charge in [-0.25, -0.2) is 0 Å². The maximum absolute atomic E-state index is 12.8. The van der Waals surface area contributed by atoms with Crippen molar-refractivity contribution in [2.24, 2.45) is 11.1 Å². The number of hydrogen-bond donors (Lipinski definition) is 1. The summed E-state index contributed by atoms with van der Waals surface area (Å²) in [6.07, 6.45) is 7.14. The highest BCUT2D eigenvalue weighted by Crippen LogP contribution is 2.38. The van der Waals surface area contributed by atoms with Crippen molar-refractivity contribution < 1.29 is 4.79 Å². The van der Waals surface area contributed by atoms with Gasteiger partial charge < -0.3 is 10.6 Å². The summed E-state index contributed by atoms with van der Waals surface area (Å²) in [6.45, 7) is 5.76. The van der Waals surface area contributed by atoms with Crippen molar-refractivity contribution in [3.63, 3.8) is 0 Å². The van der Waals surface area contributed by atoms with E-state index in [0.29, 0.717) is 4.99 Å². The van der Waals surface area contributed by atoms with Gasteiger partial charge in [0.1, 0.15) is 0 Å². The average molecular weight is 270 g/mol. The molecule has 0 aromatic carbocycles. The summed E-state index contributed by atoms with van der Waals surface area (Å²) >= 11 is 5.21. The molecule has 104 valence electrons. The number of amides is 1. The Morgan fingerprint density at radius 3 is 2.33 bits per heavy atom. The van der Waals surface area contributed by atoms with Gasteiger partial charge in [0.15, 0.2) is 0 Å². The van der Waals surface area contributed by atoms with E-state index in [4.69, 9.17) is 18.0 Å². The molecule has 1 rings (SSSR count). The first-order chi connectivity index (χ1) is 8.58. The highest BCUT2D eigenvalue weighted by Gasteiger charge is 2.44. The number of hydrogen-bond acceptors (Lipinski definition) is 2. The Bertz CT molecular complexity index is 298. The zero-order chi connectivity index (χ0) is 13.6. The molecule has 0 aromatic heterocycles. The Hall–Kier alpha value is -0.640. The fourth-order valence-corrected chi connectivity index (χ4v) is 3.07. The lowest BCUT2D eigenvalue weighted by Gasteiger charge is -2.38. The molecule has 0 bridgehead atoms. The van der Waals surface area contributed by atoms with Crippen molar-refractivity contribution >= 4 is 23.1 Å². The van der Waals surface area contributed by atoms with Gasteiger partial charge in [-0.2, -0.15) is 0 Å². The molecule has 0 spiro atoms. The molecule has 1 saturated carbocycles. The maximum atomic E-state index is 12.8. The molecule has 4 heteroatoms. The quantitative estimate of drug-likeness (QED) is 0.755. The number of nitrogens with zero attached hydrogens (tertiary/aromatic N) is 1. The van der Waals surface area contributed by atoms with Crippen LogP contribution in [-0.2, 0) is 4.79 Å². The molecular weight excluding hydrogens is 244 g/mol. The molecule has 0 atom stereocenters. The van der Waals surface area contributed by atoms with Crippen molar-refractivity contribution in [2.45, 2.75) is 58.8 Å². The molecule has 0 aromatic rings. The average Bonchev–Trinajstić information content (AvgIpc) is 2.40. The molecule has 18 heavy (non-hydrogen) atoms. The van der Waals surface area contributed by atoms with Gasteiger partial charge in [-0.15, -0.1) is 0 Å². The second kappa shape index (κ2) is 7.07. The van der Waals surface area contributed by atoms with Crippen molar-refractivity contribution in [3.8, 4) is 0 Å². The Balaban J connectivity index is 2.83. The molecule has 0 unspecified atom stereocenters. The molecule has 0 radical (unpaired) electrons. The van der Waals surface area contributed by atoms with E-state index in [1.54, 1.807) is 0 Å². The third-order valence-electron chi connectivity index (χ3n) is 4.04. The van der Waals surface area contributed by atoms with E-state index >= 15 is 0 Å². The van der Waals surface area contributed by atoms with Crippen molar-refractivity contribution in [2.75, 3.05) is 13.1 Å². The van der Waals surface area contributed by atoms with Gasteiger partial charge >= 0.3 is 0 Å². The monoisotopic (exact) mass is 270 g/mol. The first kappa shape index (κ1) is 15.4. The Morgan fingerprint density at radius 1 is 1.28 bits per heavy atom. The van der Waals surface area contributed by atoms with Crippen molar-refractivity contribution in [3.05, 3.63) is 0 Å². The van der Waals surface area contributed by atoms with E-state index in [1.165, 1.54) is 6.42 Å². The molecule has 0 heterocycles. The Morgan fingerprint density at radius 2 is 1.89 bits per heavy atom. The third-order valence-corrected chi connectivity index (χ3v) is 4.43. The van der Waals surface area contributed by atoms with Crippen LogP contribution < -0.4 is 5.73 Å². The van der Waals surface area contributed by atoms with Gasteiger partial charge in [-0.3, -0.25) is 4.79 Å². The topological polar surface area (TPSA) is 46.3 Å². The van der Waals surface area contributed by atoms with Crippen LogP contribution in [0.1, 0.15) is 58.8 Å². The van der Waals surface area contributed by atoms with Gasteiger partial charge in [0.05, 0.1) is 10.4 Å². The molecule has 1 aliphatic carbocycles. The van der Waals surface area contributed by atoms with Crippen LogP contribution in [0.2, 0.25) is 0 Å². The molecule has 0 aliphatic heterocycles. The van der Waals surface area contributed by atoms with Crippen LogP contribution in [0.25, 0.3) is 0 Å². The predicted molar refractivity (Wildman–Crippen MR) is 79.5 cm³/mol. The number of carbonyl (C=O) groups is 1. The van der Waals surface area contributed by atoms with Gasteiger partial charge in [0.25, 0.3) is 0 Å². The van der Waals surface area contributed by atoms with E-state index in [-0.39, 0.29) is 5.91 Å². The standard InChI is InChI=1S/C14H26N2OS/c1-3-5-11-16(4-2)13(17)14(12(15)18)9-7-6-8-10-14/h3-11H2,1-2H3,(H2,15,18). The van der Waals surface area contributed by atoms with E-state index in [1.807, 2.05) is 11.8 Å². The Labute approximate surface area is 116 Å². The van der Waals surface area contributed by atoms with Crippen molar-refractivity contribution in [1.29, 1.82) is 0 Å². The molecule has 0 saturated heterocycles. The van der Waals surface area contributed by atoms with E-state index in [9.17, 15) is 4.79 Å². The van der Waals surface area contributed by atoms with E-state index in [0.717, 1.165) is 51.6 Å². The summed E-state index contributed by atoms with van der Waals surface area (Å²) in [7, 11) is 0. The lowest BCUT2D eigenvalue weighted by Crippen LogP contribution is -2.51. The van der Waals surface area contributed by atoms with Crippen LogP contribution in [-0.4, -0.2) is 28.9 Å². The fourth-order valence-electron chi connectivity index (χ4n) is 2.78. The van der Waals surface area contributed by atoms with Crippen LogP contribution in [0.5, 0.6) is 0 Å². The summed E-state index contributed by atoms with van der Waals surface area (Å²) in [5.41, 5.74) is 5.36. The van der Waals surface area contributed by atoms with E-state index in [2.05, 4.69) is 6.92 Å². The van der Waals surface area contributed by atoms with Crippen LogP contribution in [0.4, 0.5) is 0 Å². The first-order valence-corrected chi connectivity index (χ1v) is 7.58. The SMILES string of the molecule is CCCCN(CC)C(=O)C1(C(N)=S)CCCCC1. The summed E-state index contributed by atoms with van der Waals surface area (Å²) in [6, 6.07) is 0. The number of nitrogens with two attached hydrogens (primary N) is 1. The van der Waals surface area contributed by atoms with Crippen LogP contribution in [0.15, 0.2) is 0 Å². The smallest absolute Gasteiger partial charge is 0.235 e. The van der Waals surface area contributed by atoms with Gasteiger partial charge in [-0.05, 0) is 26.2 Å². The highest BCUT2D eigenvalue weighted by molar-refractivity contribution is 7.80. The first-order valence-electron chi connectivity index (χ1n) is 7.17. The summed E-state index contributed by atoms with van der Waals surface area (Å²) in [5, 5.41) is 0. The molecular formula is C14H26N2OS. The van der Waals surface area contributed by atoms with Gasteiger partial charge in [0, 0.05) is 13.1 Å². The predicted octanol–water partition coefficient (Wildman–Crippen LogP) is 2.87. The molecule has 3 nitrogen and oxygen atoms in total. The minimum atomic E-state index is -0.544. The largest absolute Gasteiger partial charge is 0.392 e. The lowest BCUT2D eigenvalue weighted by molar-refractivity contribution is -0.139. The second-order valence-electron chi connectivity index (χ2n) is 5.25. The normalized spacial score (nSPS) is 18.3. The second-order valence-corrected chi connectivity index (χ2v) is 5.69. The van der Waals surface area contributed by atoms with E-state index < -0.39 is 5.41 Å². The summed E-state index contributed by atoms with van der Waals surface area (Å²) < 4.78 is 0. The molecule has 1 aliphatic rings. The lowest BCUT2D eigenvalue weighted by atomic mass is 9.73. The minimum absolute atomic E-state index is 0.172. The minimum Gasteiger partial charge on any atom is -0.392 e. The summed E-state index contributed by atoms with van der Waals surface area (Å²) in [5.74, 6) is 0.172. The Kier molecular flexibility index (Phi) is 6.06. The molecule has 1 fully saturated rings. The number of rotatable bonds is 6. The highest BCUT2D eigenvalue weighted by atomic mass is 32.1. The number of thiocarbonyl (C=S) groups is 1. The fraction of sp³-hybridized carbons (Fsp3) is 0.857. The number of unbranched alkanes of at least 4 members (excludes halogenated alkanes) is 1. The van der Waals surface area contributed by atoms with Crippen LogP contribution in [0.3, 0.4) is 0 Å². The third kappa shape index (κ3) is 3.22. The van der Waals surface area contributed by atoms with Gasteiger partial charge in [-0.1, -0.05) is 44.8 Å². The van der Waals surface area contributed by atoms with Crippen LogP contribution >= 0.6 is 12.2 Å². The zero-order valence-electron chi connectivity index (χ0n) is 11.7. The molecule has 2 N–H and O–H groups in total. The van der Waals surface area contributed by atoms with Crippen molar-refractivity contribution in [1.82, 2.24) is 4.90 Å². The van der Waals surface area contributed by atoms with Crippen LogP contribution in [0, 0.1) is 5.41 Å². The maximum Gasteiger partial charge on any atom is 0.235 e.